The summed E-state index contributed by atoms with van der Waals surface area (Å²) in [6.07, 6.45) is -2.89. The molecule has 3 heterocycles. The van der Waals surface area contributed by atoms with E-state index in [1.807, 2.05) is 0 Å². The summed E-state index contributed by atoms with van der Waals surface area (Å²) >= 11 is 0.445. The molecule has 0 aliphatic carbocycles. The fourth-order valence-electron chi connectivity index (χ4n) is 4.29. The molecule has 0 saturated carbocycles. The van der Waals surface area contributed by atoms with Crippen molar-refractivity contribution in [2.24, 2.45) is 0 Å². The summed E-state index contributed by atoms with van der Waals surface area (Å²) in [7, 11) is -4.02. The molecule has 0 spiro atoms. The number of sulfone groups is 1. The lowest BCUT2D eigenvalue weighted by Crippen LogP contribution is -2.47. The van der Waals surface area contributed by atoms with Crippen molar-refractivity contribution in [3.8, 4) is 0 Å². The first kappa shape index (κ1) is 24.6. The molecule has 2 saturated heterocycles. The van der Waals surface area contributed by atoms with E-state index in [0.717, 1.165) is 29.4 Å². The first-order valence-corrected chi connectivity index (χ1v) is 13.0. The Bertz CT molecular complexity index is 1180. The molecule has 1 aromatic heterocycles. The number of nitrogens with zero attached hydrogens (tertiary/aromatic N) is 5. The number of piperidine rings is 1. The molecule has 2 aliphatic rings. The molecule has 2 aromatic rings. The quantitative estimate of drug-likeness (QED) is 0.557. The van der Waals surface area contributed by atoms with Crippen molar-refractivity contribution < 1.29 is 35.2 Å². The van der Waals surface area contributed by atoms with E-state index in [-0.39, 0.29) is 24.3 Å². The Hall–Kier alpha value is -2.55. The van der Waals surface area contributed by atoms with E-state index in [2.05, 4.69) is 10.2 Å². The maximum Gasteiger partial charge on any atom is 0.445 e. The van der Waals surface area contributed by atoms with Gasteiger partial charge in [0.05, 0.1) is 0 Å². The van der Waals surface area contributed by atoms with Crippen LogP contribution in [0.3, 0.4) is 0 Å². The predicted octanol–water partition coefficient (Wildman–Crippen LogP) is 3.28. The fraction of sp³-hybridized carbons (Fsp3) is 0.526. The van der Waals surface area contributed by atoms with Crippen LogP contribution in [-0.2, 0) is 16.0 Å². The highest BCUT2D eigenvalue weighted by molar-refractivity contribution is 7.90. The second kappa shape index (κ2) is 8.91. The van der Waals surface area contributed by atoms with Crippen LogP contribution in [0.25, 0.3) is 0 Å². The van der Waals surface area contributed by atoms with Gasteiger partial charge >= 0.3 is 12.2 Å². The summed E-state index contributed by atoms with van der Waals surface area (Å²) in [4.78, 5) is 17.3. The van der Waals surface area contributed by atoms with Crippen molar-refractivity contribution in [2.45, 2.75) is 30.4 Å². The predicted molar refractivity (Wildman–Crippen MR) is 113 cm³/mol. The van der Waals surface area contributed by atoms with Crippen molar-refractivity contribution in [1.29, 1.82) is 0 Å². The van der Waals surface area contributed by atoms with Gasteiger partial charge in [0.2, 0.25) is 10.1 Å². The zero-order valence-corrected chi connectivity index (χ0v) is 19.4. The minimum Gasteiger partial charge on any atom is -0.346 e. The number of hydrogen-bond acceptors (Lipinski definition) is 7. The number of aromatic nitrogens is 2. The lowest BCUT2D eigenvalue weighted by molar-refractivity contribution is -0.138. The maximum absolute atomic E-state index is 14.4. The number of benzene rings is 1. The van der Waals surface area contributed by atoms with Crippen LogP contribution in [0.5, 0.6) is 0 Å². The summed E-state index contributed by atoms with van der Waals surface area (Å²) < 4.78 is 91.5. The van der Waals surface area contributed by atoms with Gasteiger partial charge in [0.25, 0.3) is 0 Å². The summed E-state index contributed by atoms with van der Waals surface area (Å²) in [6.45, 7) is 0.839. The van der Waals surface area contributed by atoms with Crippen LogP contribution in [0.4, 0.5) is 31.9 Å². The van der Waals surface area contributed by atoms with Gasteiger partial charge in [0.15, 0.2) is 15.2 Å². The molecule has 0 radical (unpaired) electrons. The zero-order valence-electron chi connectivity index (χ0n) is 17.8. The van der Waals surface area contributed by atoms with E-state index >= 15 is 0 Å². The minimum absolute atomic E-state index is 0.00190. The van der Waals surface area contributed by atoms with E-state index in [1.54, 1.807) is 4.90 Å². The molecule has 0 bridgehead atoms. The number of hydrogen-bond donors (Lipinski definition) is 0. The standard InChI is InChI=1S/C19H20F5N5O3S2/c1-34(31,32)15(13-10-11(20)2-3-14(13)21)29-9-8-28(18(29)30)12-4-6-27(7-5-12)17-26-25-16(33-17)19(22,23)24/h2-3,10,12,15H,4-9H2,1H3. The molecule has 4 rings (SSSR count). The molecule has 1 atom stereocenters. The van der Waals surface area contributed by atoms with Gasteiger partial charge in [-0.1, -0.05) is 11.3 Å². The van der Waals surface area contributed by atoms with Crippen LogP contribution < -0.4 is 4.90 Å². The van der Waals surface area contributed by atoms with Gasteiger partial charge in [-0.05, 0) is 31.0 Å². The Morgan fingerprint density at radius 1 is 1.09 bits per heavy atom. The van der Waals surface area contributed by atoms with Crippen LogP contribution in [-0.4, -0.2) is 72.9 Å². The normalized spacial score (nSPS) is 19.2. The first-order chi connectivity index (χ1) is 15.9. The average molecular weight is 526 g/mol. The van der Waals surface area contributed by atoms with Crippen LogP contribution in [0.2, 0.25) is 0 Å². The summed E-state index contributed by atoms with van der Waals surface area (Å²) in [6, 6.07) is 1.54. The number of carbonyl (C=O) groups is 1. The van der Waals surface area contributed by atoms with Gasteiger partial charge in [-0.15, -0.1) is 10.2 Å². The van der Waals surface area contributed by atoms with Gasteiger partial charge in [-0.2, -0.15) is 13.2 Å². The third-order valence-corrected chi connectivity index (χ3v) is 8.17. The highest BCUT2D eigenvalue weighted by Crippen LogP contribution is 2.37. The highest BCUT2D eigenvalue weighted by atomic mass is 32.2. The molecule has 1 unspecified atom stereocenters. The summed E-state index contributed by atoms with van der Waals surface area (Å²) in [5.74, 6) is -1.77. The molecule has 8 nitrogen and oxygen atoms in total. The zero-order chi connectivity index (χ0) is 24.8. The molecule has 15 heteroatoms. The molecule has 2 aliphatic heterocycles. The number of anilines is 1. The van der Waals surface area contributed by atoms with Crippen LogP contribution in [0.15, 0.2) is 18.2 Å². The lowest BCUT2D eigenvalue weighted by atomic mass is 10.0. The molecular weight excluding hydrogens is 505 g/mol. The number of carbonyl (C=O) groups excluding carboxylic acids is 1. The maximum atomic E-state index is 14.4. The smallest absolute Gasteiger partial charge is 0.346 e. The SMILES string of the molecule is CS(=O)(=O)C(c1cc(F)ccc1F)N1CCN(C2CCN(c3nnc(C(F)(F)F)s3)CC2)C1=O. The minimum atomic E-state index is -4.57. The highest BCUT2D eigenvalue weighted by Gasteiger charge is 2.44. The van der Waals surface area contributed by atoms with E-state index in [0.29, 0.717) is 37.3 Å². The molecule has 2 fully saturated rings. The van der Waals surface area contributed by atoms with E-state index in [9.17, 15) is 35.2 Å². The monoisotopic (exact) mass is 525 g/mol. The largest absolute Gasteiger partial charge is 0.445 e. The van der Waals surface area contributed by atoms with Crippen molar-refractivity contribution in [3.05, 3.63) is 40.4 Å². The van der Waals surface area contributed by atoms with Crippen molar-refractivity contribution in [2.75, 3.05) is 37.3 Å². The third kappa shape index (κ3) is 4.80. The van der Waals surface area contributed by atoms with Gasteiger partial charge in [0, 0.05) is 44.0 Å². The van der Waals surface area contributed by atoms with Crippen molar-refractivity contribution in [3.63, 3.8) is 0 Å². The second-order valence-corrected chi connectivity index (χ2v) is 11.2. The Labute approximate surface area is 195 Å². The molecule has 2 amide bonds. The summed E-state index contributed by atoms with van der Waals surface area (Å²) in [5.41, 5.74) is -0.441. The Kier molecular flexibility index (Phi) is 6.44. The van der Waals surface area contributed by atoms with Crippen LogP contribution in [0, 0.1) is 11.6 Å². The Morgan fingerprint density at radius 3 is 2.35 bits per heavy atom. The van der Waals surface area contributed by atoms with Crippen molar-refractivity contribution in [1.82, 2.24) is 20.0 Å². The first-order valence-electron chi connectivity index (χ1n) is 10.2. The number of rotatable bonds is 5. The number of halogens is 5. The Morgan fingerprint density at radius 2 is 1.76 bits per heavy atom. The Balaban J connectivity index is 1.47. The van der Waals surface area contributed by atoms with Gasteiger partial charge in [-0.25, -0.2) is 22.0 Å². The van der Waals surface area contributed by atoms with E-state index in [4.69, 9.17) is 0 Å². The third-order valence-electron chi connectivity index (χ3n) is 5.82. The van der Waals surface area contributed by atoms with Crippen LogP contribution >= 0.6 is 11.3 Å². The number of alkyl halides is 3. The number of urea groups is 1. The molecule has 0 N–H and O–H groups in total. The van der Waals surface area contributed by atoms with Crippen molar-refractivity contribution >= 4 is 32.3 Å². The average Bonchev–Trinajstić information content (AvgIpc) is 3.38. The van der Waals surface area contributed by atoms with Gasteiger partial charge < -0.3 is 14.7 Å². The topological polar surface area (TPSA) is 86.7 Å². The molecular formula is C19H20F5N5O3S2. The molecule has 186 valence electrons. The van der Waals surface area contributed by atoms with E-state index < -0.39 is 49.6 Å². The number of amides is 2. The van der Waals surface area contributed by atoms with E-state index in [1.165, 1.54) is 4.90 Å². The molecule has 1 aromatic carbocycles. The van der Waals surface area contributed by atoms with Crippen LogP contribution in [0.1, 0.15) is 28.8 Å². The van der Waals surface area contributed by atoms with Gasteiger partial charge in [0.1, 0.15) is 11.6 Å². The van der Waals surface area contributed by atoms with Gasteiger partial charge in [-0.3, -0.25) is 0 Å². The summed E-state index contributed by atoms with van der Waals surface area (Å²) in [5, 5.41) is 4.21. The fourth-order valence-corrected chi connectivity index (χ4v) is 6.35. The molecule has 34 heavy (non-hydrogen) atoms. The second-order valence-electron chi connectivity index (χ2n) is 8.12. The lowest BCUT2D eigenvalue weighted by Gasteiger charge is -2.36.